The highest BCUT2D eigenvalue weighted by molar-refractivity contribution is 7.89. The van der Waals surface area contributed by atoms with E-state index in [1.807, 2.05) is 36.4 Å². The van der Waals surface area contributed by atoms with Crippen molar-refractivity contribution in [2.75, 3.05) is 12.8 Å². The average Bonchev–Trinajstić information content (AvgIpc) is 3.16. The predicted molar refractivity (Wildman–Crippen MR) is 112 cm³/mol. The zero-order chi connectivity index (χ0) is 21.7. The van der Waals surface area contributed by atoms with Gasteiger partial charge in [-0.15, -0.1) is 0 Å². The van der Waals surface area contributed by atoms with Crippen molar-refractivity contribution >= 4 is 32.7 Å². The van der Waals surface area contributed by atoms with Crippen molar-refractivity contribution in [1.29, 1.82) is 5.26 Å². The number of benzene rings is 2. The lowest BCUT2D eigenvalue weighted by atomic mass is 10.0. The fourth-order valence-corrected chi connectivity index (χ4v) is 3.90. The summed E-state index contributed by atoms with van der Waals surface area (Å²) in [6.45, 7) is -0.162. The van der Waals surface area contributed by atoms with Crippen LogP contribution in [0.15, 0.2) is 60.8 Å². The number of rotatable bonds is 7. The first-order valence-corrected chi connectivity index (χ1v) is 11.0. The topological polar surface area (TPSA) is 121 Å². The van der Waals surface area contributed by atoms with Crippen molar-refractivity contribution in [3.8, 4) is 6.07 Å². The van der Waals surface area contributed by atoms with Gasteiger partial charge in [0, 0.05) is 23.6 Å². The zero-order valence-corrected chi connectivity index (χ0v) is 17.0. The van der Waals surface area contributed by atoms with Gasteiger partial charge in [0.25, 0.3) is 5.91 Å². The van der Waals surface area contributed by atoms with Gasteiger partial charge in [-0.2, -0.15) is 5.26 Å². The van der Waals surface area contributed by atoms with E-state index in [2.05, 4.69) is 10.6 Å². The van der Waals surface area contributed by atoms with Crippen molar-refractivity contribution in [2.45, 2.75) is 12.5 Å². The second kappa shape index (κ2) is 8.80. The molecule has 1 aromatic heterocycles. The molecule has 30 heavy (non-hydrogen) atoms. The van der Waals surface area contributed by atoms with Crippen LogP contribution in [0.4, 0.5) is 0 Å². The van der Waals surface area contributed by atoms with E-state index < -0.39 is 27.9 Å². The van der Waals surface area contributed by atoms with Crippen molar-refractivity contribution in [3.05, 3.63) is 71.9 Å². The number of nitriles is 1. The van der Waals surface area contributed by atoms with Crippen molar-refractivity contribution < 1.29 is 18.0 Å². The Bertz CT molecular complexity index is 1230. The molecule has 3 aromatic rings. The van der Waals surface area contributed by atoms with Gasteiger partial charge in [-0.3, -0.25) is 9.59 Å². The number of nitrogens with one attached hydrogen (secondary N) is 2. The molecule has 8 nitrogen and oxygen atoms in total. The summed E-state index contributed by atoms with van der Waals surface area (Å²) < 4.78 is 24.8. The number of carbonyl (C=O) groups excluding carboxylic acids is 2. The van der Waals surface area contributed by atoms with Crippen LogP contribution in [-0.2, 0) is 21.2 Å². The van der Waals surface area contributed by atoms with Crippen molar-refractivity contribution in [3.63, 3.8) is 0 Å². The van der Waals surface area contributed by atoms with E-state index in [-0.39, 0.29) is 13.0 Å². The Morgan fingerprint density at radius 1 is 1.13 bits per heavy atom. The maximum absolute atomic E-state index is 12.8. The van der Waals surface area contributed by atoms with E-state index in [0.29, 0.717) is 16.5 Å². The van der Waals surface area contributed by atoms with Crippen molar-refractivity contribution in [2.24, 2.45) is 0 Å². The Morgan fingerprint density at radius 2 is 1.87 bits per heavy atom. The SMILES string of the molecule is CS(=O)(=O)n1ccc2cc(C(=O)NC(Cc3ccccc3)C(=O)NCC#N)ccc21. The Labute approximate surface area is 174 Å². The predicted octanol–water partition coefficient (Wildman–Crippen LogP) is 1.43. The van der Waals surface area contributed by atoms with Gasteiger partial charge in [-0.05, 0) is 29.8 Å². The van der Waals surface area contributed by atoms with Gasteiger partial charge in [-0.1, -0.05) is 30.3 Å². The molecule has 2 N–H and O–H groups in total. The normalized spacial score (nSPS) is 12.1. The van der Waals surface area contributed by atoms with Crippen LogP contribution >= 0.6 is 0 Å². The summed E-state index contributed by atoms with van der Waals surface area (Å²) in [6.07, 6.45) is 2.78. The van der Waals surface area contributed by atoms with Crippen LogP contribution in [0, 0.1) is 11.3 Å². The molecule has 0 saturated carbocycles. The molecule has 0 aliphatic rings. The molecule has 0 bridgehead atoms. The monoisotopic (exact) mass is 424 g/mol. The second-order valence-corrected chi connectivity index (χ2v) is 8.60. The van der Waals surface area contributed by atoms with E-state index >= 15 is 0 Å². The second-order valence-electron chi connectivity index (χ2n) is 6.74. The van der Waals surface area contributed by atoms with Crippen LogP contribution in [0.2, 0.25) is 0 Å². The van der Waals surface area contributed by atoms with E-state index in [1.54, 1.807) is 18.2 Å². The lowest BCUT2D eigenvalue weighted by molar-refractivity contribution is -0.122. The Kier molecular flexibility index (Phi) is 6.18. The van der Waals surface area contributed by atoms with E-state index in [0.717, 1.165) is 15.8 Å². The molecule has 1 unspecified atom stereocenters. The Hall–Kier alpha value is -3.64. The summed E-state index contributed by atoms with van der Waals surface area (Å²) in [5.41, 5.74) is 1.61. The minimum absolute atomic E-state index is 0.162. The highest BCUT2D eigenvalue weighted by atomic mass is 32.2. The number of nitrogens with zero attached hydrogens (tertiary/aromatic N) is 2. The van der Waals surface area contributed by atoms with Crippen LogP contribution < -0.4 is 10.6 Å². The summed E-state index contributed by atoms with van der Waals surface area (Å²) in [5.74, 6) is -0.935. The summed E-state index contributed by atoms with van der Waals surface area (Å²) in [5, 5.41) is 14.5. The molecular weight excluding hydrogens is 404 g/mol. The summed E-state index contributed by atoms with van der Waals surface area (Å²) in [6, 6.07) is 16.4. The van der Waals surface area contributed by atoms with Crippen LogP contribution in [-0.4, -0.2) is 43.0 Å². The third-order valence-electron chi connectivity index (χ3n) is 4.52. The fourth-order valence-electron chi connectivity index (χ4n) is 3.10. The number of hydrogen-bond acceptors (Lipinski definition) is 5. The number of amides is 2. The van der Waals surface area contributed by atoms with Gasteiger partial charge in [0.1, 0.15) is 12.6 Å². The molecule has 0 aliphatic heterocycles. The molecule has 2 amide bonds. The molecule has 0 spiro atoms. The summed E-state index contributed by atoms with van der Waals surface area (Å²) in [4.78, 5) is 25.2. The van der Waals surface area contributed by atoms with E-state index in [9.17, 15) is 18.0 Å². The van der Waals surface area contributed by atoms with Crippen LogP contribution in [0.25, 0.3) is 10.9 Å². The molecule has 0 fully saturated rings. The standard InChI is InChI=1S/C21H20N4O4S/c1-30(28,29)25-12-9-16-14-17(7-8-19(16)25)20(26)24-18(21(27)23-11-10-22)13-15-5-3-2-4-6-15/h2-9,12,14,18H,11,13H2,1H3,(H,23,27)(H,24,26). The van der Waals surface area contributed by atoms with Crippen LogP contribution in [0.5, 0.6) is 0 Å². The van der Waals surface area contributed by atoms with Gasteiger partial charge < -0.3 is 10.6 Å². The quantitative estimate of drug-likeness (QED) is 0.556. The maximum Gasteiger partial charge on any atom is 0.251 e. The first-order valence-electron chi connectivity index (χ1n) is 9.10. The smallest absolute Gasteiger partial charge is 0.251 e. The van der Waals surface area contributed by atoms with Gasteiger partial charge in [0.05, 0.1) is 17.8 Å². The van der Waals surface area contributed by atoms with Gasteiger partial charge >= 0.3 is 0 Å². The third-order valence-corrected chi connectivity index (χ3v) is 5.55. The van der Waals surface area contributed by atoms with Crippen molar-refractivity contribution in [1.82, 2.24) is 14.6 Å². The van der Waals surface area contributed by atoms with Gasteiger partial charge in [0.2, 0.25) is 15.9 Å². The highest BCUT2D eigenvalue weighted by Crippen LogP contribution is 2.19. The fraction of sp³-hybridized carbons (Fsp3) is 0.190. The molecule has 154 valence electrons. The largest absolute Gasteiger partial charge is 0.341 e. The lowest BCUT2D eigenvalue weighted by Gasteiger charge is -2.18. The Morgan fingerprint density at radius 3 is 2.53 bits per heavy atom. The van der Waals surface area contributed by atoms with E-state index in [4.69, 9.17) is 5.26 Å². The van der Waals surface area contributed by atoms with E-state index in [1.165, 1.54) is 12.3 Å². The Balaban J connectivity index is 1.84. The third kappa shape index (κ3) is 4.85. The molecule has 0 aliphatic carbocycles. The molecule has 3 rings (SSSR count). The highest BCUT2D eigenvalue weighted by Gasteiger charge is 2.22. The molecule has 0 saturated heterocycles. The molecule has 9 heteroatoms. The van der Waals surface area contributed by atoms with Crippen LogP contribution in [0.1, 0.15) is 15.9 Å². The number of carbonyl (C=O) groups is 2. The number of fused-ring (bicyclic) bond motifs is 1. The molecule has 0 radical (unpaired) electrons. The minimum atomic E-state index is -3.46. The van der Waals surface area contributed by atoms with Gasteiger partial charge in [0.15, 0.2) is 0 Å². The van der Waals surface area contributed by atoms with Crippen LogP contribution in [0.3, 0.4) is 0 Å². The zero-order valence-electron chi connectivity index (χ0n) is 16.2. The maximum atomic E-state index is 12.8. The first kappa shape index (κ1) is 21.1. The number of aromatic nitrogens is 1. The van der Waals surface area contributed by atoms with Gasteiger partial charge in [-0.25, -0.2) is 12.4 Å². The average molecular weight is 424 g/mol. The minimum Gasteiger partial charge on any atom is -0.341 e. The number of hydrogen-bond donors (Lipinski definition) is 2. The summed E-state index contributed by atoms with van der Waals surface area (Å²) in [7, 11) is -3.46. The molecule has 1 heterocycles. The first-order chi connectivity index (χ1) is 14.3. The molecule has 1 atom stereocenters. The molecule has 2 aromatic carbocycles. The lowest BCUT2D eigenvalue weighted by Crippen LogP contribution is -2.48. The summed E-state index contributed by atoms with van der Waals surface area (Å²) >= 11 is 0. The molecular formula is C21H20N4O4S.